The molecule has 1 aliphatic heterocycles. The summed E-state index contributed by atoms with van der Waals surface area (Å²) in [5.74, 6) is -0.450. The van der Waals surface area contributed by atoms with Gasteiger partial charge in [0, 0.05) is 66.8 Å². The zero-order valence-corrected chi connectivity index (χ0v) is 22.3. The van der Waals surface area contributed by atoms with Crippen molar-refractivity contribution in [2.24, 2.45) is 4.99 Å². The maximum atomic E-state index is 12.0. The van der Waals surface area contributed by atoms with Gasteiger partial charge in [0.25, 0.3) is 0 Å². The number of carbonyl (C=O) groups excluding carboxylic acids is 1. The van der Waals surface area contributed by atoms with E-state index in [0.717, 1.165) is 55.0 Å². The molecule has 1 saturated heterocycles. The number of aliphatic imine (C=N–C) groups is 1. The second-order valence-corrected chi connectivity index (χ2v) is 9.84. The number of carbonyl (C=O) groups is 1. The van der Waals surface area contributed by atoms with Gasteiger partial charge >= 0.3 is 5.97 Å². The number of aromatic hydroxyl groups is 1. The number of aromatic amines is 1. The van der Waals surface area contributed by atoms with Crippen LogP contribution in [-0.2, 0) is 11.3 Å². The number of hydrogen-bond donors (Lipinski definition) is 3. The second-order valence-electron chi connectivity index (χ2n) is 9.84. The number of fused-ring (bicyclic) bond motifs is 1. The summed E-state index contributed by atoms with van der Waals surface area (Å²) < 4.78 is 7.07. The van der Waals surface area contributed by atoms with Crippen molar-refractivity contribution < 1.29 is 14.6 Å². The molecule has 0 bridgehead atoms. The topological polar surface area (TPSA) is 94.9 Å². The van der Waals surface area contributed by atoms with Crippen LogP contribution in [0, 0.1) is 0 Å². The third kappa shape index (κ3) is 5.14. The minimum absolute atomic E-state index is 0.0128. The molecule has 3 heterocycles. The number of nitrogens with zero attached hydrogens (tertiary/aromatic N) is 3. The lowest BCUT2D eigenvalue weighted by molar-refractivity contribution is 0.0601. The fraction of sp³-hybridized carbons (Fsp3) is 0.188. The van der Waals surface area contributed by atoms with Gasteiger partial charge in [0.1, 0.15) is 0 Å². The van der Waals surface area contributed by atoms with E-state index in [9.17, 15) is 9.90 Å². The molecule has 3 aromatic carbocycles. The molecule has 0 spiro atoms. The van der Waals surface area contributed by atoms with E-state index in [0.29, 0.717) is 22.4 Å². The lowest BCUT2D eigenvalue weighted by atomic mass is 10.00. The smallest absolute Gasteiger partial charge is 0.337 e. The molecule has 202 valence electrons. The number of H-pyrrole nitrogens is 1. The van der Waals surface area contributed by atoms with Gasteiger partial charge in [-0.1, -0.05) is 36.4 Å². The van der Waals surface area contributed by atoms with Gasteiger partial charge in [-0.05, 0) is 48.5 Å². The maximum Gasteiger partial charge on any atom is 0.337 e. The molecule has 8 nitrogen and oxygen atoms in total. The molecule has 8 heteroatoms. The fourth-order valence-electron chi connectivity index (χ4n) is 5.24. The Labute approximate surface area is 232 Å². The molecule has 2 aromatic heterocycles. The van der Waals surface area contributed by atoms with Crippen LogP contribution in [0.25, 0.3) is 16.6 Å². The van der Waals surface area contributed by atoms with Crippen LogP contribution in [-0.4, -0.2) is 64.5 Å². The Kier molecular flexibility index (Phi) is 7.18. The van der Waals surface area contributed by atoms with Gasteiger partial charge in [0.15, 0.2) is 5.88 Å². The summed E-state index contributed by atoms with van der Waals surface area (Å²) in [5, 5.41) is 15.2. The summed E-state index contributed by atoms with van der Waals surface area (Å²) in [5.41, 5.74) is 6.17. The molecule has 0 aliphatic carbocycles. The molecule has 3 N–H and O–H groups in total. The van der Waals surface area contributed by atoms with E-state index < -0.39 is 5.97 Å². The van der Waals surface area contributed by atoms with Crippen molar-refractivity contribution >= 4 is 28.3 Å². The van der Waals surface area contributed by atoms with Crippen LogP contribution >= 0.6 is 0 Å². The van der Waals surface area contributed by atoms with Gasteiger partial charge in [0.2, 0.25) is 0 Å². The van der Waals surface area contributed by atoms with E-state index in [1.165, 1.54) is 12.8 Å². The molecule has 0 atom stereocenters. The third-order valence-electron chi connectivity index (χ3n) is 7.28. The normalized spacial score (nSPS) is 14.5. The van der Waals surface area contributed by atoms with Gasteiger partial charge in [-0.25, -0.2) is 9.79 Å². The number of ether oxygens (including phenoxy) is 1. The predicted molar refractivity (Wildman–Crippen MR) is 157 cm³/mol. The van der Waals surface area contributed by atoms with Crippen LogP contribution in [0.4, 0.5) is 5.69 Å². The van der Waals surface area contributed by atoms with Crippen LogP contribution in [0.1, 0.15) is 27.2 Å². The van der Waals surface area contributed by atoms with Crippen molar-refractivity contribution in [3.8, 4) is 11.6 Å². The number of rotatable bonds is 7. The van der Waals surface area contributed by atoms with Gasteiger partial charge in [0.05, 0.1) is 29.6 Å². The molecule has 0 radical (unpaired) electrons. The predicted octanol–water partition coefficient (Wildman–Crippen LogP) is 5.03. The van der Waals surface area contributed by atoms with Crippen LogP contribution in [0.5, 0.6) is 5.88 Å². The Balaban J connectivity index is 1.36. The molecule has 40 heavy (non-hydrogen) atoms. The monoisotopic (exact) mass is 533 g/mol. The zero-order valence-electron chi connectivity index (χ0n) is 22.3. The van der Waals surface area contributed by atoms with Crippen molar-refractivity contribution in [3.63, 3.8) is 0 Å². The Morgan fingerprint density at radius 1 is 0.950 bits per heavy atom. The Bertz CT molecular complexity index is 1660. The number of nitrogens with one attached hydrogen (secondary N) is 2. The lowest BCUT2D eigenvalue weighted by Gasteiger charge is -2.27. The lowest BCUT2D eigenvalue weighted by Crippen LogP contribution is -2.43. The fourth-order valence-corrected chi connectivity index (χ4v) is 5.24. The minimum atomic E-state index is -0.437. The highest BCUT2D eigenvalue weighted by Crippen LogP contribution is 2.32. The summed E-state index contributed by atoms with van der Waals surface area (Å²) in [4.78, 5) is 22.5. The van der Waals surface area contributed by atoms with Crippen LogP contribution in [0.2, 0.25) is 0 Å². The quantitative estimate of drug-likeness (QED) is 0.202. The maximum absolute atomic E-state index is 12.0. The van der Waals surface area contributed by atoms with Gasteiger partial charge in [-0.15, -0.1) is 0 Å². The first kappa shape index (κ1) is 25.6. The standard InChI is InChI=1S/C32H31N5O3/c1-40-32(39)23-9-14-27-28(20-23)35-31(38)29(27)30(22-6-3-2-4-7-22)34-24-10-12-25(13-11-24)37-17-5-8-26(37)21-36-18-15-33-16-19-36/h2-14,17,20,33,35,38H,15-16,18-19,21H2,1H3. The van der Waals surface area contributed by atoms with E-state index in [1.54, 1.807) is 18.2 Å². The van der Waals surface area contributed by atoms with E-state index >= 15 is 0 Å². The average molecular weight is 534 g/mol. The molecule has 1 aliphatic rings. The molecular weight excluding hydrogens is 502 g/mol. The number of piperazine rings is 1. The molecule has 0 saturated carbocycles. The van der Waals surface area contributed by atoms with E-state index in [2.05, 4.69) is 50.2 Å². The highest BCUT2D eigenvalue weighted by molar-refractivity contribution is 6.22. The van der Waals surface area contributed by atoms with E-state index in [-0.39, 0.29) is 5.88 Å². The molecule has 6 rings (SSSR count). The summed E-state index contributed by atoms with van der Waals surface area (Å²) in [6, 6.07) is 27.3. The van der Waals surface area contributed by atoms with Crippen molar-refractivity contribution in [3.05, 3.63) is 114 Å². The summed E-state index contributed by atoms with van der Waals surface area (Å²) in [7, 11) is 1.35. The first-order valence-electron chi connectivity index (χ1n) is 13.4. The van der Waals surface area contributed by atoms with Crippen molar-refractivity contribution in [2.45, 2.75) is 6.54 Å². The first-order chi connectivity index (χ1) is 19.6. The summed E-state index contributed by atoms with van der Waals surface area (Å²) in [6.45, 7) is 5.05. The number of esters is 1. The SMILES string of the molecule is COC(=O)c1ccc2c(C(=Nc3ccc(-n4cccc4CN4CCNCC4)cc3)c3ccccc3)c(O)[nH]c2c1. The highest BCUT2D eigenvalue weighted by Gasteiger charge is 2.20. The van der Waals surface area contributed by atoms with E-state index in [1.807, 2.05) is 42.5 Å². The van der Waals surface area contributed by atoms with Crippen LogP contribution in [0.15, 0.2) is 96.1 Å². The molecule has 0 unspecified atom stereocenters. The Morgan fingerprint density at radius 2 is 1.73 bits per heavy atom. The van der Waals surface area contributed by atoms with Crippen LogP contribution < -0.4 is 5.32 Å². The van der Waals surface area contributed by atoms with Crippen LogP contribution in [0.3, 0.4) is 0 Å². The van der Waals surface area contributed by atoms with Gasteiger partial charge in [-0.3, -0.25) is 4.90 Å². The third-order valence-corrected chi connectivity index (χ3v) is 7.28. The largest absolute Gasteiger partial charge is 0.494 e. The van der Waals surface area contributed by atoms with Crippen molar-refractivity contribution in [1.29, 1.82) is 0 Å². The Hall–Kier alpha value is -4.66. The average Bonchev–Trinajstić information content (AvgIpc) is 3.59. The Morgan fingerprint density at radius 3 is 2.48 bits per heavy atom. The van der Waals surface area contributed by atoms with E-state index in [4.69, 9.17) is 9.73 Å². The minimum Gasteiger partial charge on any atom is -0.494 e. The molecular formula is C32H31N5O3. The summed E-state index contributed by atoms with van der Waals surface area (Å²) in [6.07, 6.45) is 2.10. The van der Waals surface area contributed by atoms with Crippen molar-refractivity contribution in [2.75, 3.05) is 33.3 Å². The summed E-state index contributed by atoms with van der Waals surface area (Å²) >= 11 is 0. The number of benzene rings is 3. The van der Waals surface area contributed by atoms with Crippen molar-refractivity contribution in [1.82, 2.24) is 19.8 Å². The first-order valence-corrected chi connectivity index (χ1v) is 13.4. The second kappa shape index (κ2) is 11.2. The number of aromatic nitrogens is 2. The van der Waals surface area contributed by atoms with Gasteiger partial charge in [-0.2, -0.15) is 0 Å². The highest BCUT2D eigenvalue weighted by atomic mass is 16.5. The molecule has 0 amide bonds. The van der Waals surface area contributed by atoms with Gasteiger partial charge < -0.3 is 24.7 Å². The molecule has 1 fully saturated rings. The number of methoxy groups -OCH3 is 1. The number of hydrogen-bond acceptors (Lipinski definition) is 6. The zero-order chi connectivity index (χ0) is 27.5. The molecule has 5 aromatic rings.